The highest BCUT2D eigenvalue weighted by Crippen LogP contribution is 2.54. The van der Waals surface area contributed by atoms with Gasteiger partial charge in [-0.15, -0.1) is 0 Å². The Bertz CT molecular complexity index is 208. The molecule has 1 aliphatic rings. The number of alkyl halides is 2. The first-order valence-electron chi connectivity index (χ1n) is 5.21. The molecule has 82 valence electrons. The van der Waals surface area contributed by atoms with Crippen LogP contribution in [-0.4, -0.2) is 17.0 Å². The number of rotatable bonds is 6. The molecule has 2 nitrogen and oxygen atoms in total. The van der Waals surface area contributed by atoms with Gasteiger partial charge in [-0.05, 0) is 35.2 Å². The Morgan fingerprint density at radius 3 is 2.79 bits per heavy atom. The minimum Gasteiger partial charge on any atom is -0.356 e. The van der Waals surface area contributed by atoms with Crippen LogP contribution in [0.3, 0.4) is 0 Å². The molecule has 1 rings (SSSR count). The molecule has 0 bridgehead atoms. The maximum Gasteiger partial charge on any atom is 0.219 e. The van der Waals surface area contributed by atoms with E-state index in [2.05, 4.69) is 21.2 Å². The second-order valence-electron chi connectivity index (χ2n) is 3.86. The Labute approximate surface area is 92.8 Å². The van der Waals surface area contributed by atoms with Gasteiger partial charge in [0.25, 0.3) is 0 Å². The van der Waals surface area contributed by atoms with Gasteiger partial charge in [-0.3, -0.25) is 4.79 Å². The second kappa shape index (κ2) is 5.10. The van der Waals surface area contributed by atoms with Crippen LogP contribution >= 0.6 is 15.9 Å². The molecule has 4 heteroatoms. The lowest BCUT2D eigenvalue weighted by Gasteiger charge is -2.03. The minimum absolute atomic E-state index is 0.0942. The zero-order valence-electron chi connectivity index (χ0n) is 8.48. The van der Waals surface area contributed by atoms with Crippen LogP contribution in [0.2, 0.25) is 0 Å². The fourth-order valence-electron chi connectivity index (χ4n) is 1.45. The number of hydrogen-bond acceptors (Lipinski definition) is 1. The molecular formula is C10H17BrFNO. The van der Waals surface area contributed by atoms with Gasteiger partial charge in [0.05, 0.1) is 0 Å². The topological polar surface area (TPSA) is 29.1 Å². The van der Waals surface area contributed by atoms with Gasteiger partial charge in [0.2, 0.25) is 5.91 Å². The lowest BCUT2D eigenvalue weighted by molar-refractivity contribution is -0.120. The van der Waals surface area contributed by atoms with Crippen molar-refractivity contribution in [1.29, 1.82) is 0 Å². The van der Waals surface area contributed by atoms with Gasteiger partial charge in [-0.1, -0.05) is 13.3 Å². The summed E-state index contributed by atoms with van der Waals surface area (Å²) in [6.07, 6.45) is 4.05. The average Bonchev–Trinajstić information content (AvgIpc) is 2.73. The van der Waals surface area contributed by atoms with Gasteiger partial charge in [-0.2, -0.15) is 0 Å². The molecule has 1 fully saturated rings. The van der Waals surface area contributed by atoms with E-state index in [1.165, 1.54) is 0 Å². The maximum absolute atomic E-state index is 13.0. The lowest BCUT2D eigenvalue weighted by Crippen LogP contribution is -2.23. The van der Waals surface area contributed by atoms with Gasteiger partial charge < -0.3 is 5.32 Å². The first kappa shape index (κ1) is 12.0. The molecule has 0 aromatic heterocycles. The van der Waals surface area contributed by atoms with Crippen LogP contribution in [0.1, 0.15) is 39.0 Å². The van der Waals surface area contributed by atoms with Crippen LogP contribution in [0, 0.1) is 5.92 Å². The Morgan fingerprint density at radius 2 is 2.29 bits per heavy atom. The first-order chi connectivity index (χ1) is 6.56. The van der Waals surface area contributed by atoms with Gasteiger partial charge in [0, 0.05) is 18.9 Å². The van der Waals surface area contributed by atoms with Crippen LogP contribution in [0.4, 0.5) is 4.39 Å². The van der Waals surface area contributed by atoms with E-state index in [0.29, 0.717) is 12.8 Å². The Morgan fingerprint density at radius 1 is 1.64 bits per heavy atom. The van der Waals surface area contributed by atoms with Crippen molar-refractivity contribution in [1.82, 2.24) is 5.32 Å². The van der Waals surface area contributed by atoms with Crippen molar-refractivity contribution in [2.75, 3.05) is 6.54 Å². The summed E-state index contributed by atoms with van der Waals surface area (Å²) < 4.78 is 11.9. The molecule has 0 radical (unpaired) electrons. The van der Waals surface area contributed by atoms with E-state index in [4.69, 9.17) is 0 Å². The number of carbonyl (C=O) groups excluding carboxylic acids is 1. The van der Waals surface area contributed by atoms with Crippen molar-refractivity contribution in [3.63, 3.8) is 0 Å². The number of nitrogens with one attached hydrogen (secondary N) is 1. The summed E-state index contributed by atoms with van der Waals surface area (Å²) in [5.74, 6) is 0.293. The number of halogens is 2. The first-order valence-corrected chi connectivity index (χ1v) is 6.00. The maximum atomic E-state index is 13.0. The quantitative estimate of drug-likeness (QED) is 0.581. The zero-order valence-corrected chi connectivity index (χ0v) is 10.1. The van der Waals surface area contributed by atoms with E-state index in [1.54, 1.807) is 0 Å². The third-order valence-corrected chi connectivity index (χ3v) is 3.55. The third kappa shape index (κ3) is 3.95. The molecule has 0 heterocycles. The fraction of sp³-hybridized carbons (Fsp3) is 0.900. The number of amides is 1. The monoisotopic (exact) mass is 265 g/mol. The smallest absolute Gasteiger partial charge is 0.219 e. The highest BCUT2D eigenvalue weighted by Gasteiger charge is 2.52. The van der Waals surface area contributed by atoms with Crippen LogP contribution in [0.25, 0.3) is 0 Å². The highest BCUT2D eigenvalue weighted by atomic mass is 79.9. The summed E-state index contributed by atoms with van der Waals surface area (Å²) in [6, 6.07) is 0. The average molecular weight is 266 g/mol. The van der Waals surface area contributed by atoms with Gasteiger partial charge in [0.15, 0.2) is 4.58 Å². The van der Waals surface area contributed by atoms with E-state index in [1.807, 2.05) is 6.92 Å². The second-order valence-corrected chi connectivity index (χ2v) is 5.18. The normalized spacial score (nSPS) is 30.1. The van der Waals surface area contributed by atoms with E-state index < -0.39 is 4.58 Å². The minimum atomic E-state index is -1.07. The molecule has 1 amide bonds. The summed E-state index contributed by atoms with van der Waals surface area (Å²) in [6.45, 7) is 2.56. The molecule has 0 aromatic carbocycles. The predicted molar refractivity (Wildman–Crippen MR) is 58.0 cm³/mol. The number of carbonyl (C=O) groups is 1. The van der Waals surface area contributed by atoms with Gasteiger partial charge in [0.1, 0.15) is 0 Å². The molecule has 2 atom stereocenters. The molecule has 0 aliphatic heterocycles. The summed E-state index contributed by atoms with van der Waals surface area (Å²) in [5.41, 5.74) is 0. The molecule has 2 unspecified atom stereocenters. The van der Waals surface area contributed by atoms with Crippen molar-refractivity contribution in [3.8, 4) is 0 Å². The van der Waals surface area contributed by atoms with Crippen LogP contribution in [0.15, 0.2) is 0 Å². The van der Waals surface area contributed by atoms with Crippen molar-refractivity contribution < 1.29 is 9.18 Å². The van der Waals surface area contributed by atoms with Gasteiger partial charge in [-0.25, -0.2) is 4.39 Å². The summed E-state index contributed by atoms with van der Waals surface area (Å²) in [5, 5.41) is 2.80. The zero-order chi connectivity index (χ0) is 10.6. The Hall–Kier alpha value is -0.120. The van der Waals surface area contributed by atoms with E-state index in [-0.39, 0.29) is 11.8 Å². The number of unbranched alkanes of at least 4 members (excludes halogenated alkanes) is 1. The molecule has 0 spiro atoms. The van der Waals surface area contributed by atoms with Gasteiger partial charge >= 0.3 is 0 Å². The molecule has 1 aliphatic carbocycles. The molecular weight excluding hydrogens is 249 g/mol. The van der Waals surface area contributed by atoms with E-state index in [9.17, 15) is 9.18 Å². The SMILES string of the molecule is CCC(=O)NCCCCC1CC1(F)Br. The van der Waals surface area contributed by atoms with Crippen molar-refractivity contribution in [2.24, 2.45) is 5.92 Å². The van der Waals surface area contributed by atoms with Crippen molar-refractivity contribution in [3.05, 3.63) is 0 Å². The van der Waals surface area contributed by atoms with Crippen molar-refractivity contribution >= 4 is 21.8 Å². The summed E-state index contributed by atoms with van der Waals surface area (Å²) in [7, 11) is 0. The Kier molecular flexibility index (Phi) is 4.35. The number of hydrogen-bond donors (Lipinski definition) is 1. The molecule has 0 saturated heterocycles. The van der Waals surface area contributed by atoms with E-state index in [0.717, 1.165) is 25.8 Å². The van der Waals surface area contributed by atoms with Crippen LogP contribution in [0.5, 0.6) is 0 Å². The third-order valence-electron chi connectivity index (χ3n) is 2.58. The van der Waals surface area contributed by atoms with E-state index >= 15 is 0 Å². The lowest BCUT2D eigenvalue weighted by atomic mass is 10.2. The molecule has 14 heavy (non-hydrogen) atoms. The largest absolute Gasteiger partial charge is 0.356 e. The fourth-order valence-corrected chi connectivity index (χ4v) is 2.07. The molecule has 1 N–H and O–H groups in total. The molecule has 0 aromatic rings. The highest BCUT2D eigenvalue weighted by molar-refractivity contribution is 9.10. The molecule has 1 saturated carbocycles. The van der Waals surface area contributed by atoms with Crippen molar-refractivity contribution in [2.45, 2.75) is 43.6 Å². The standard InChI is InChI=1S/C10H17BrFNO/c1-2-9(14)13-6-4-3-5-8-7-10(8,11)12/h8H,2-7H2,1H3,(H,13,14). The summed E-state index contributed by atoms with van der Waals surface area (Å²) in [4.78, 5) is 10.8. The van der Waals surface area contributed by atoms with Crippen LogP contribution in [-0.2, 0) is 4.79 Å². The summed E-state index contributed by atoms with van der Waals surface area (Å²) >= 11 is 3.02. The Balaban J connectivity index is 1.88. The predicted octanol–water partition coefficient (Wildman–Crippen LogP) is 2.76. The van der Waals surface area contributed by atoms with Crippen LogP contribution < -0.4 is 5.32 Å².